The number of hydrogen-bond acceptors (Lipinski definition) is 5. The number of aryl methyl sites for hydroxylation is 1. The van der Waals surface area contributed by atoms with Gasteiger partial charge >= 0.3 is 0 Å². The molecule has 0 spiro atoms. The lowest BCUT2D eigenvalue weighted by Crippen LogP contribution is -2.35. The van der Waals surface area contributed by atoms with Crippen molar-refractivity contribution in [2.75, 3.05) is 0 Å². The van der Waals surface area contributed by atoms with E-state index in [1.54, 1.807) is 4.68 Å². The third kappa shape index (κ3) is 2.29. The van der Waals surface area contributed by atoms with Gasteiger partial charge in [0.15, 0.2) is 0 Å². The first-order valence-electron chi connectivity index (χ1n) is 6.15. The van der Waals surface area contributed by atoms with Crippen LogP contribution >= 0.6 is 11.3 Å². The smallest absolute Gasteiger partial charge is 0.261 e. The maximum atomic E-state index is 12.0. The number of aromatic nitrogens is 3. The molecule has 2 amide bonds. The average Bonchev–Trinajstić information content (AvgIpc) is 3.02. The third-order valence-electron chi connectivity index (χ3n) is 3.15. The summed E-state index contributed by atoms with van der Waals surface area (Å²) in [7, 11) is 0. The minimum Gasteiger partial charge on any atom is -0.349 e. The first-order valence-corrected chi connectivity index (χ1v) is 7.03. The van der Waals surface area contributed by atoms with Crippen LogP contribution in [0, 0.1) is 6.92 Å². The fraction of sp³-hybridized carbons (Fsp3) is 0.333. The van der Waals surface area contributed by atoms with Crippen LogP contribution in [-0.2, 0) is 24.4 Å². The molecule has 0 unspecified atom stereocenters. The normalized spacial score (nSPS) is 13.8. The highest BCUT2D eigenvalue weighted by atomic mass is 32.1. The van der Waals surface area contributed by atoms with E-state index in [-0.39, 0.29) is 18.4 Å². The minimum atomic E-state index is -0.112. The fourth-order valence-electron chi connectivity index (χ4n) is 2.05. The number of amides is 2. The molecule has 0 radical (unpaired) electrons. The first-order chi connectivity index (χ1) is 9.65. The number of nitrogens with one attached hydrogen (secondary N) is 2. The molecule has 0 saturated carbocycles. The Morgan fingerprint density at radius 3 is 3.20 bits per heavy atom. The van der Waals surface area contributed by atoms with Crippen molar-refractivity contribution in [3.8, 4) is 0 Å². The summed E-state index contributed by atoms with van der Waals surface area (Å²) < 4.78 is 1.57. The number of fused-ring (bicyclic) bond motifs is 1. The zero-order chi connectivity index (χ0) is 14.1. The van der Waals surface area contributed by atoms with E-state index < -0.39 is 0 Å². The van der Waals surface area contributed by atoms with Crippen LogP contribution in [0.4, 0.5) is 0 Å². The molecule has 2 N–H and O–H groups in total. The number of thiophene rings is 1. The van der Waals surface area contributed by atoms with Crippen molar-refractivity contribution in [2.45, 2.75) is 26.6 Å². The van der Waals surface area contributed by atoms with Crippen LogP contribution in [0.25, 0.3) is 0 Å². The van der Waals surface area contributed by atoms with Crippen LogP contribution in [0.2, 0.25) is 0 Å². The molecule has 1 aliphatic heterocycles. The van der Waals surface area contributed by atoms with Gasteiger partial charge in [0, 0.05) is 0 Å². The monoisotopic (exact) mass is 291 g/mol. The Morgan fingerprint density at radius 1 is 1.60 bits per heavy atom. The fourth-order valence-corrected chi connectivity index (χ4v) is 2.89. The Morgan fingerprint density at radius 2 is 2.45 bits per heavy atom. The molecule has 0 fully saturated rings. The van der Waals surface area contributed by atoms with Gasteiger partial charge in [0.1, 0.15) is 12.2 Å². The van der Waals surface area contributed by atoms with E-state index in [1.807, 2.05) is 18.4 Å². The van der Waals surface area contributed by atoms with Gasteiger partial charge < -0.3 is 10.6 Å². The van der Waals surface area contributed by atoms with Crippen LogP contribution in [0.5, 0.6) is 0 Å². The zero-order valence-corrected chi connectivity index (χ0v) is 11.7. The molecule has 3 heterocycles. The first kappa shape index (κ1) is 12.8. The van der Waals surface area contributed by atoms with Crippen LogP contribution < -0.4 is 10.6 Å². The maximum absolute atomic E-state index is 12.0. The van der Waals surface area contributed by atoms with E-state index in [0.717, 1.165) is 11.3 Å². The van der Waals surface area contributed by atoms with Crippen molar-refractivity contribution >= 4 is 23.2 Å². The summed E-state index contributed by atoms with van der Waals surface area (Å²) in [5, 5.41) is 15.4. The molecular formula is C12H13N5O2S. The number of carbonyl (C=O) groups excluding carboxylic acids is 2. The number of hydrogen-bond donors (Lipinski definition) is 2. The second kappa shape index (κ2) is 5.04. The molecule has 3 rings (SSSR count). The molecule has 7 nitrogen and oxygen atoms in total. The van der Waals surface area contributed by atoms with Gasteiger partial charge in [0.25, 0.3) is 5.91 Å². The molecule has 0 atom stereocenters. The number of rotatable bonds is 3. The Hall–Kier alpha value is -2.22. The van der Waals surface area contributed by atoms with Gasteiger partial charge in [-0.3, -0.25) is 9.59 Å². The van der Waals surface area contributed by atoms with Crippen molar-refractivity contribution in [3.05, 3.63) is 33.3 Å². The zero-order valence-electron chi connectivity index (χ0n) is 10.8. The van der Waals surface area contributed by atoms with E-state index in [0.29, 0.717) is 23.7 Å². The Bertz CT molecular complexity index is 675. The van der Waals surface area contributed by atoms with Crippen molar-refractivity contribution in [1.82, 2.24) is 25.6 Å². The van der Waals surface area contributed by atoms with E-state index >= 15 is 0 Å². The summed E-state index contributed by atoms with van der Waals surface area (Å²) in [6.45, 7) is 2.79. The van der Waals surface area contributed by atoms with Gasteiger partial charge in [-0.1, -0.05) is 5.21 Å². The average molecular weight is 291 g/mol. The number of nitrogens with zero attached hydrogens (tertiary/aromatic N) is 3. The Balaban J connectivity index is 1.69. The van der Waals surface area contributed by atoms with Crippen molar-refractivity contribution in [3.63, 3.8) is 0 Å². The highest BCUT2D eigenvalue weighted by molar-refractivity contribution is 7.12. The predicted octanol–water partition coefficient (Wildman–Crippen LogP) is 0.208. The molecule has 0 bridgehead atoms. The van der Waals surface area contributed by atoms with Crippen molar-refractivity contribution in [1.29, 1.82) is 0 Å². The van der Waals surface area contributed by atoms with Crippen molar-refractivity contribution in [2.24, 2.45) is 0 Å². The summed E-state index contributed by atoms with van der Waals surface area (Å²) in [4.78, 5) is 24.0. The van der Waals surface area contributed by atoms with E-state index in [9.17, 15) is 9.59 Å². The highest BCUT2D eigenvalue weighted by Gasteiger charge is 2.21. The molecule has 0 aliphatic carbocycles. The summed E-state index contributed by atoms with van der Waals surface area (Å²) in [6, 6.07) is 1.91. The number of carbonyl (C=O) groups is 2. The van der Waals surface area contributed by atoms with E-state index in [2.05, 4.69) is 20.9 Å². The lowest BCUT2D eigenvalue weighted by molar-refractivity contribution is -0.122. The van der Waals surface area contributed by atoms with Crippen molar-refractivity contribution < 1.29 is 9.59 Å². The SMILES string of the molecule is Cc1ccsc1C(=O)NCc1nnn2c1CNC(=O)C2. The maximum Gasteiger partial charge on any atom is 0.261 e. The second-order valence-electron chi connectivity index (χ2n) is 4.53. The second-order valence-corrected chi connectivity index (χ2v) is 5.45. The van der Waals surface area contributed by atoms with E-state index in [4.69, 9.17) is 0 Å². The van der Waals surface area contributed by atoms with Crippen LogP contribution in [0.1, 0.15) is 26.6 Å². The molecule has 2 aromatic heterocycles. The lowest BCUT2D eigenvalue weighted by Gasteiger charge is -2.14. The third-order valence-corrected chi connectivity index (χ3v) is 4.16. The molecule has 2 aromatic rings. The minimum absolute atomic E-state index is 0.0767. The van der Waals surface area contributed by atoms with Gasteiger partial charge in [-0.05, 0) is 23.9 Å². The van der Waals surface area contributed by atoms with Gasteiger partial charge in [0.05, 0.1) is 23.7 Å². The molecule has 20 heavy (non-hydrogen) atoms. The summed E-state index contributed by atoms with van der Waals surface area (Å²) in [5.41, 5.74) is 2.49. The topological polar surface area (TPSA) is 88.9 Å². The quantitative estimate of drug-likeness (QED) is 0.846. The standard InChI is InChI=1S/C12H13N5O2S/c1-7-2-3-20-11(7)12(19)14-4-8-9-5-13-10(18)6-17(9)16-15-8/h2-3H,4-6H2,1H3,(H,13,18)(H,14,19). The lowest BCUT2D eigenvalue weighted by atomic mass is 10.2. The Kier molecular flexibility index (Phi) is 3.23. The van der Waals surface area contributed by atoms with E-state index in [1.165, 1.54) is 11.3 Å². The molecular weight excluding hydrogens is 278 g/mol. The molecule has 104 valence electrons. The Labute approximate surface area is 119 Å². The molecule has 1 aliphatic rings. The molecule has 0 saturated heterocycles. The summed E-state index contributed by atoms with van der Waals surface area (Å²) >= 11 is 1.41. The van der Waals surface area contributed by atoms with Gasteiger partial charge in [0.2, 0.25) is 5.91 Å². The predicted molar refractivity (Wildman–Crippen MR) is 72.1 cm³/mol. The summed E-state index contributed by atoms with van der Waals surface area (Å²) in [6.07, 6.45) is 0. The van der Waals surface area contributed by atoms with Gasteiger partial charge in [-0.2, -0.15) is 0 Å². The molecule has 8 heteroatoms. The molecule has 0 aromatic carbocycles. The van der Waals surface area contributed by atoms with Crippen LogP contribution in [-0.4, -0.2) is 26.8 Å². The largest absolute Gasteiger partial charge is 0.349 e. The highest BCUT2D eigenvalue weighted by Crippen LogP contribution is 2.15. The van der Waals surface area contributed by atoms with Crippen LogP contribution in [0.15, 0.2) is 11.4 Å². The van der Waals surface area contributed by atoms with Crippen LogP contribution in [0.3, 0.4) is 0 Å². The van der Waals surface area contributed by atoms with Gasteiger partial charge in [-0.25, -0.2) is 4.68 Å². The van der Waals surface area contributed by atoms with Gasteiger partial charge in [-0.15, -0.1) is 16.4 Å². The summed E-state index contributed by atoms with van der Waals surface area (Å²) in [5.74, 6) is -0.189.